The second kappa shape index (κ2) is 6.83. The second-order valence-electron chi connectivity index (χ2n) is 4.99. The number of ketones is 1. The summed E-state index contributed by atoms with van der Waals surface area (Å²) < 4.78 is 6.78. The molecule has 3 rings (SSSR count). The van der Waals surface area contributed by atoms with E-state index < -0.39 is 0 Å². The van der Waals surface area contributed by atoms with Crippen molar-refractivity contribution in [3.8, 4) is 17.1 Å². The molecule has 0 aliphatic rings. The highest BCUT2D eigenvalue weighted by Gasteiger charge is 2.11. The minimum Gasteiger partial charge on any atom is -0.497 e. The third kappa shape index (κ3) is 3.42. The highest BCUT2D eigenvalue weighted by molar-refractivity contribution is 5.95. The number of benzene rings is 2. The Morgan fingerprint density at radius 3 is 2.52 bits per heavy atom. The lowest BCUT2D eigenvalue weighted by atomic mass is 10.1. The van der Waals surface area contributed by atoms with Gasteiger partial charge in [-0.05, 0) is 34.7 Å². The van der Waals surface area contributed by atoms with Crippen LogP contribution in [0.2, 0.25) is 0 Å². The molecular weight excluding hydrogens is 292 g/mol. The Morgan fingerprint density at radius 1 is 1.09 bits per heavy atom. The van der Waals surface area contributed by atoms with Crippen LogP contribution in [0.15, 0.2) is 54.6 Å². The molecule has 23 heavy (non-hydrogen) atoms. The summed E-state index contributed by atoms with van der Waals surface area (Å²) in [6, 6.07) is 16.7. The molecule has 1 heterocycles. The quantitative estimate of drug-likeness (QED) is 0.655. The van der Waals surface area contributed by atoms with Crippen molar-refractivity contribution in [2.45, 2.75) is 13.0 Å². The molecule has 0 bridgehead atoms. The van der Waals surface area contributed by atoms with Gasteiger partial charge in [-0.1, -0.05) is 30.3 Å². The van der Waals surface area contributed by atoms with Gasteiger partial charge in [0, 0.05) is 17.5 Å². The first kappa shape index (κ1) is 14.9. The molecule has 6 heteroatoms. The molecule has 1 aromatic heterocycles. The van der Waals surface area contributed by atoms with Gasteiger partial charge in [0.05, 0.1) is 13.7 Å². The monoisotopic (exact) mass is 308 g/mol. The summed E-state index contributed by atoms with van der Waals surface area (Å²) in [4.78, 5) is 12.2. The highest BCUT2D eigenvalue weighted by atomic mass is 16.5. The summed E-state index contributed by atoms with van der Waals surface area (Å²) in [5.41, 5.74) is 1.58. The van der Waals surface area contributed by atoms with Gasteiger partial charge in [-0.3, -0.25) is 4.79 Å². The number of carbonyl (C=O) groups is 1. The standard InChI is InChI=1S/C17H16N4O2/c1-23-15-9-7-14(8-10-15)17-18-19-20-21(17)12-11-16(22)13-5-3-2-4-6-13/h2-10H,11-12H2,1H3. The summed E-state index contributed by atoms with van der Waals surface area (Å²) >= 11 is 0. The largest absolute Gasteiger partial charge is 0.497 e. The Hall–Kier alpha value is -3.02. The fourth-order valence-electron chi connectivity index (χ4n) is 2.28. The van der Waals surface area contributed by atoms with Gasteiger partial charge in [-0.25, -0.2) is 4.68 Å². The van der Waals surface area contributed by atoms with Crippen molar-refractivity contribution in [2.24, 2.45) is 0 Å². The number of nitrogens with zero attached hydrogens (tertiary/aromatic N) is 4. The summed E-state index contributed by atoms with van der Waals surface area (Å²) in [7, 11) is 1.62. The van der Waals surface area contributed by atoms with Crippen molar-refractivity contribution in [1.82, 2.24) is 20.2 Å². The molecule has 0 spiro atoms. The first-order valence-electron chi connectivity index (χ1n) is 7.27. The summed E-state index contributed by atoms with van der Waals surface area (Å²) in [6.45, 7) is 0.433. The maximum Gasteiger partial charge on any atom is 0.182 e. The van der Waals surface area contributed by atoms with Crippen LogP contribution in [0.3, 0.4) is 0 Å². The molecule has 0 fully saturated rings. The van der Waals surface area contributed by atoms with E-state index in [9.17, 15) is 4.79 Å². The van der Waals surface area contributed by atoms with Crippen molar-refractivity contribution < 1.29 is 9.53 Å². The van der Waals surface area contributed by atoms with E-state index >= 15 is 0 Å². The van der Waals surface area contributed by atoms with Gasteiger partial charge in [0.1, 0.15) is 5.75 Å². The summed E-state index contributed by atoms with van der Waals surface area (Å²) in [6.07, 6.45) is 0.345. The fraction of sp³-hybridized carbons (Fsp3) is 0.176. The molecule has 0 N–H and O–H groups in total. The Balaban J connectivity index is 1.72. The third-order valence-electron chi connectivity index (χ3n) is 3.53. The van der Waals surface area contributed by atoms with Gasteiger partial charge >= 0.3 is 0 Å². The van der Waals surface area contributed by atoms with Crippen molar-refractivity contribution in [3.63, 3.8) is 0 Å². The minimum absolute atomic E-state index is 0.0711. The van der Waals surface area contributed by atoms with Gasteiger partial charge in [0.25, 0.3) is 0 Å². The van der Waals surface area contributed by atoms with Gasteiger partial charge in [0.2, 0.25) is 0 Å². The smallest absolute Gasteiger partial charge is 0.182 e. The Bertz CT molecular complexity index is 782. The molecule has 0 saturated heterocycles. The van der Waals surface area contributed by atoms with Gasteiger partial charge < -0.3 is 4.74 Å². The van der Waals surface area contributed by atoms with Gasteiger partial charge in [-0.15, -0.1) is 5.10 Å². The number of tetrazole rings is 1. The predicted molar refractivity (Wildman–Crippen MR) is 85.2 cm³/mol. The summed E-state index contributed by atoms with van der Waals surface area (Å²) in [5, 5.41) is 11.7. The Labute approximate surface area is 133 Å². The lowest BCUT2D eigenvalue weighted by molar-refractivity contribution is 0.0975. The van der Waals surface area contributed by atoms with Crippen molar-refractivity contribution in [2.75, 3.05) is 7.11 Å². The molecule has 3 aromatic rings. The van der Waals surface area contributed by atoms with E-state index in [-0.39, 0.29) is 5.78 Å². The number of rotatable bonds is 6. The van der Waals surface area contributed by atoms with E-state index in [1.807, 2.05) is 54.6 Å². The SMILES string of the molecule is COc1ccc(-c2nnnn2CCC(=O)c2ccccc2)cc1. The van der Waals surface area contributed by atoms with Crippen LogP contribution < -0.4 is 4.74 Å². The average Bonchev–Trinajstić information content (AvgIpc) is 3.09. The number of hydrogen-bond donors (Lipinski definition) is 0. The van der Waals surface area contributed by atoms with E-state index in [0.29, 0.717) is 24.4 Å². The number of ether oxygens (including phenoxy) is 1. The second-order valence-corrected chi connectivity index (χ2v) is 4.99. The molecule has 0 aliphatic heterocycles. The maximum atomic E-state index is 12.2. The fourth-order valence-corrected chi connectivity index (χ4v) is 2.28. The first-order valence-corrected chi connectivity index (χ1v) is 7.27. The normalized spacial score (nSPS) is 10.5. The Morgan fingerprint density at radius 2 is 1.83 bits per heavy atom. The van der Waals surface area contributed by atoms with Crippen LogP contribution in [0.4, 0.5) is 0 Å². The number of aryl methyl sites for hydroxylation is 1. The molecule has 0 radical (unpaired) electrons. The maximum absolute atomic E-state index is 12.2. The van der Waals surface area contributed by atoms with Crippen LogP contribution in [-0.4, -0.2) is 33.1 Å². The van der Waals surface area contributed by atoms with E-state index in [2.05, 4.69) is 15.5 Å². The van der Waals surface area contributed by atoms with E-state index in [4.69, 9.17) is 4.74 Å². The molecule has 0 unspecified atom stereocenters. The molecule has 2 aromatic carbocycles. The molecule has 0 amide bonds. The Kier molecular flexibility index (Phi) is 4.42. The number of aromatic nitrogens is 4. The number of Topliss-reactive ketones (excluding diaryl/α,β-unsaturated/α-hetero) is 1. The third-order valence-corrected chi connectivity index (χ3v) is 3.53. The topological polar surface area (TPSA) is 69.9 Å². The molecule has 0 saturated carbocycles. The van der Waals surface area contributed by atoms with Gasteiger partial charge in [-0.2, -0.15) is 0 Å². The van der Waals surface area contributed by atoms with Crippen LogP contribution in [0.1, 0.15) is 16.8 Å². The van der Waals surface area contributed by atoms with Crippen LogP contribution in [0, 0.1) is 0 Å². The van der Waals surface area contributed by atoms with E-state index in [1.165, 1.54) is 0 Å². The predicted octanol–water partition coefficient (Wildman–Crippen LogP) is 2.62. The molecule has 6 nitrogen and oxygen atoms in total. The van der Waals surface area contributed by atoms with Crippen LogP contribution in [-0.2, 0) is 6.54 Å². The lowest BCUT2D eigenvalue weighted by Crippen LogP contribution is -2.08. The lowest BCUT2D eigenvalue weighted by Gasteiger charge is -2.05. The van der Waals surface area contributed by atoms with Crippen LogP contribution >= 0.6 is 0 Å². The zero-order valence-corrected chi connectivity index (χ0v) is 12.7. The van der Waals surface area contributed by atoms with Crippen molar-refractivity contribution >= 4 is 5.78 Å². The first-order chi connectivity index (χ1) is 11.3. The number of hydrogen-bond acceptors (Lipinski definition) is 5. The van der Waals surface area contributed by atoms with Gasteiger partial charge in [0.15, 0.2) is 11.6 Å². The van der Waals surface area contributed by atoms with E-state index in [1.54, 1.807) is 11.8 Å². The van der Waals surface area contributed by atoms with Crippen molar-refractivity contribution in [1.29, 1.82) is 0 Å². The minimum atomic E-state index is 0.0711. The van der Waals surface area contributed by atoms with Crippen LogP contribution in [0.25, 0.3) is 11.4 Å². The number of carbonyl (C=O) groups excluding carboxylic acids is 1. The summed E-state index contributed by atoms with van der Waals surface area (Å²) in [5.74, 6) is 1.47. The zero-order chi connectivity index (χ0) is 16.1. The highest BCUT2D eigenvalue weighted by Crippen LogP contribution is 2.20. The van der Waals surface area contributed by atoms with Crippen LogP contribution in [0.5, 0.6) is 5.75 Å². The number of methoxy groups -OCH3 is 1. The zero-order valence-electron chi connectivity index (χ0n) is 12.7. The molecule has 116 valence electrons. The van der Waals surface area contributed by atoms with E-state index in [0.717, 1.165) is 11.3 Å². The molecule has 0 aliphatic carbocycles. The molecular formula is C17H16N4O2. The molecule has 0 atom stereocenters. The van der Waals surface area contributed by atoms with Crippen molar-refractivity contribution in [3.05, 3.63) is 60.2 Å². The average molecular weight is 308 g/mol.